The van der Waals surface area contributed by atoms with Crippen molar-refractivity contribution >= 4 is 0 Å². The predicted molar refractivity (Wildman–Crippen MR) is 49.5 cm³/mol. The van der Waals surface area contributed by atoms with Gasteiger partial charge < -0.3 is 15.4 Å². The Kier molecular flexibility index (Phi) is 2.73. The van der Waals surface area contributed by atoms with Crippen molar-refractivity contribution in [2.24, 2.45) is 5.73 Å². The second kappa shape index (κ2) is 3.47. The molecule has 1 aromatic rings. The second-order valence-electron chi connectivity index (χ2n) is 3.62. The maximum Gasteiger partial charge on any atom is 0.137 e. The van der Waals surface area contributed by atoms with E-state index in [0.29, 0.717) is 6.54 Å². The summed E-state index contributed by atoms with van der Waals surface area (Å²) in [5, 5.41) is 13.1. The topological polar surface area (TPSA) is 72.3 Å². The van der Waals surface area contributed by atoms with E-state index in [2.05, 4.69) is 5.16 Å². The summed E-state index contributed by atoms with van der Waals surface area (Å²) in [6, 6.07) is 0. The van der Waals surface area contributed by atoms with Gasteiger partial charge in [0.05, 0.1) is 12.3 Å². The molecule has 3 N–H and O–H groups in total. The summed E-state index contributed by atoms with van der Waals surface area (Å²) in [6.07, 6.45) is 0. The average Bonchev–Trinajstić information content (AvgIpc) is 2.46. The van der Waals surface area contributed by atoms with E-state index in [0.717, 1.165) is 17.0 Å². The number of nitrogens with two attached hydrogens (primary N) is 1. The fraction of sp³-hybridized carbons (Fsp3) is 0.667. The van der Waals surface area contributed by atoms with E-state index in [1.807, 2.05) is 20.8 Å². The molecule has 1 atom stereocenters. The molecule has 0 aromatic carbocycles. The Morgan fingerprint density at radius 3 is 2.46 bits per heavy atom. The third-order valence-electron chi connectivity index (χ3n) is 2.44. The molecule has 0 saturated heterocycles. The molecule has 0 aliphatic heterocycles. The van der Waals surface area contributed by atoms with Gasteiger partial charge in [0.25, 0.3) is 0 Å². The van der Waals surface area contributed by atoms with E-state index in [9.17, 15) is 5.11 Å². The van der Waals surface area contributed by atoms with Crippen LogP contribution in [0.25, 0.3) is 0 Å². The van der Waals surface area contributed by atoms with Crippen molar-refractivity contribution in [1.29, 1.82) is 0 Å². The molecule has 4 heteroatoms. The summed E-state index contributed by atoms with van der Waals surface area (Å²) < 4.78 is 5.03. The smallest absolute Gasteiger partial charge is 0.137 e. The number of aromatic nitrogens is 1. The van der Waals surface area contributed by atoms with Gasteiger partial charge in [-0.1, -0.05) is 12.1 Å². The summed E-state index contributed by atoms with van der Waals surface area (Å²) in [4.78, 5) is 0. The van der Waals surface area contributed by atoms with Crippen LogP contribution in [0.5, 0.6) is 0 Å². The van der Waals surface area contributed by atoms with Crippen LogP contribution in [-0.4, -0.2) is 23.4 Å². The Hall–Kier alpha value is -0.870. The predicted octanol–water partition coefficient (Wildman–Crippen LogP) is 0.500. The van der Waals surface area contributed by atoms with Gasteiger partial charge in [0.1, 0.15) is 5.76 Å². The van der Waals surface area contributed by atoms with Gasteiger partial charge in [-0.05, 0) is 13.8 Å². The number of hydrogen-bond acceptors (Lipinski definition) is 4. The standard InChI is InChI=1S/C9H16N2O2/c1-6-8(7(2)13-11-6)9(3,4-10)5-12/h12H,4-5,10H2,1-3H3. The van der Waals surface area contributed by atoms with Gasteiger partial charge in [0, 0.05) is 17.5 Å². The van der Waals surface area contributed by atoms with Crippen LogP contribution in [0.1, 0.15) is 23.9 Å². The molecule has 0 fully saturated rings. The van der Waals surface area contributed by atoms with Gasteiger partial charge >= 0.3 is 0 Å². The van der Waals surface area contributed by atoms with E-state index >= 15 is 0 Å². The molecule has 1 aromatic heterocycles. The molecule has 0 spiro atoms. The molecular weight excluding hydrogens is 168 g/mol. The third-order valence-corrected chi connectivity index (χ3v) is 2.44. The minimum absolute atomic E-state index is 0.00634. The highest BCUT2D eigenvalue weighted by Crippen LogP contribution is 2.27. The largest absolute Gasteiger partial charge is 0.395 e. The molecular formula is C9H16N2O2. The minimum Gasteiger partial charge on any atom is -0.395 e. The fourth-order valence-electron chi connectivity index (χ4n) is 1.59. The van der Waals surface area contributed by atoms with E-state index in [-0.39, 0.29) is 6.61 Å². The van der Waals surface area contributed by atoms with Crippen LogP contribution in [0.15, 0.2) is 4.52 Å². The Balaban J connectivity index is 3.18. The van der Waals surface area contributed by atoms with Gasteiger partial charge in [-0.25, -0.2) is 0 Å². The zero-order valence-electron chi connectivity index (χ0n) is 8.29. The number of nitrogens with zero attached hydrogens (tertiary/aromatic N) is 1. The lowest BCUT2D eigenvalue weighted by Crippen LogP contribution is -2.36. The van der Waals surface area contributed by atoms with Crippen LogP contribution >= 0.6 is 0 Å². The molecule has 13 heavy (non-hydrogen) atoms. The lowest BCUT2D eigenvalue weighted by atomic mass is 9.82. The van der Waals surface area contributed by atoms with Gasteiger partial charge in [0.2, 0.25) is 0 Å². The number of aliphatic hydroxyl groups is 1. The zero-order chi connectivity index (χ0) is 10.1. The summed E-state index contributed by atoms with van der Waals surface area (Å²) in [5.74, 6) is 0.736. The van der Waals surface area contributed by atoms with Crippen molar-refractivity contribution in [3.05, 3.63) is 17.0 Å². The number of aryl methyl sites for hydroxylation is 2. The molecule has 0 saturated carbocycles. The van der Waals surface area contributed by atoms with Crippen LogP contribution < -0.4 is 5.73 Å². The Labute approximate surface area is 77.7 Å². The molecule has 0 aliphatic carbocycles. The summed E-state index contributed by atoms with van der Waals surface area (Å²) in [7, 11) is 0. The van der Waals surface area contributed by atoms with Crippen LogP contribution in [0, 0.1) is 13.8 Å². The average molecular weight is 184 g/mol. The molecule has 0 amide bonds. The first-order valence-electron chi connectivity index (χ1n) is 4.29. The maximum atomic E-state index is 9.26. The first-order valence-corrected chi connectivity index (χ1v) is 4.29. The first-order chi connectivity index (χ1) is 6.05. The molecule has 1 unspecified atom stereocenters. The third kappa shape index (κ3) is 1.59. The lowest BCUT2D eigenvalue weighted by Gasteiger charge is -2.24. The Bertz CT molecular complexity index is 270. The van der Waals surface area contributed by atoms with Crippen molar-refractivity contribution in [2.75, 3.05) is 13.2 Å². The highest BCUT2D eigenvalue weighted by molar-refractivity contribution is 5.30. The fourth-order valence-corrected chi connectivity index (χ4v) is 1.59. The van der Waals surface area contributed by atoms with Gasteiger partial charge in [-0.3, -0.25) is 0 Å². The Morgan fingerprint density at radius 1 is 1.54 bits per heavy atom. The van der Waals surface area contributed by atoms with Crippen LogP contribution in [-0.2, 0) is 5.41 Å². The van der Waals surface area contributed by atoms with E-state index < -0.39 is 5.41 Å². The maximum absolute atomic E-state index is 9.26. The van der Waals surface area contributed by atoms with Crippen molar-refractivity contribution in [3.63, 3.8) is 0 Å². The highest BCUT2D eigenvalue weighted by Gasteiger charge is 2.30. The minimum atomic E-state index is -0.436. The number of hydrogen-bond donors (Lipinski definition) is 2. The van der Waals surface area contributed by atoms with Crippen molar-refractivity contribution < 1.29 is 9.63 Å². The molecule has 1 heterocycles. The molecule has 0 aliphatic rings. The molecule has 0 radical (unpaired) electrons. The summed E-state index contributed by atoms with van der Waals surface area (Å²) >= 11 is 0. The van der Waals surface area contributed by atoms with Crippen LogP contribution in [0.4, 0.5) is 0 Å². The van der Waals surface area contributed by atoms with Gasteiger partial charge in [-0.2, -0.15) is 0 Å². The van der Waals surface area contributed by atoms with E-state index in [1.165, 1.54) is 0 Å². The van der Waals surface area contributed by atoms with Gasteiger partial charge in [-0.15, -0.1) is 0 Å². The molecule has 74 valence electrons. The SMILES string of the molecule is Cc1noc(C)c1C(C)(CN)CO. The quantitative estimate of drug-likeness (QED) is 0.717. The van der Waals surface area contributed by atoms with Crippen molar-refractivity contribution in [1.82, 2.24) is 5.16 Å². The molecule has 0 bridgehead atoms. The van der Waals surface area contributed by atoms with Gasteiger partial charge in [0.15, 0.2) is 0 Å². The zero-order valence-corrected chi connectivity index (χ0v) is 8.29. The highest BCUT2D eigenvalue weighted by atomic mass is 16.5. The summed E-state index contributed by atoms with van der Waals surface area (Å²) in [6.45, 7) is 5.98. The monoisotopic (exact) mass is 184 g/mol. The summed E-state index contributed by atoms with van der Waals surface area (Å²) in [5.41, 5.74) is 6.91. The van der Waals surface area contributed by atoms with Crippen LogP contribution in [0.3, 0.4) is 0 Å². The van der Waals surface area contributed by atoms with Crippen LogP contribution in [0.2, 0.25) is 0 Å². The Morgan fingerprint density at radius 2 is 2.15 bits per heavy atom. The van der Waals surface area contributed by atoms with Crippen molar-refractivity contribution in [2.45, 2.75) is 26.2 Å². The lowest BCUT2D eigenvalue weighted by molar-refractivity contribution is 0.208. The normalized spacial score (nSPS) is 15.8. The van der Waals surface area contributed by atoms with Crippen molar-refractivity contribution in [3.8, 4) is 0 Å². The first kappa shape index (κ1) is 10.2. The molecule has 4 nitrogen and oxygen atoms in total. The second-order valence-corrected chi connectivity index (χ2v) is 3.62. The number of rotatable bonds is 3. The number of aliphatic hydroxyl groups excluding tert-OH is 1. The molecule has 1 rings (SSSR count). The van der Waals surface area contributed by atoms with E-state index in [1.54, 1.807) is 0 Å². The van der Waals surface area contributed by atoms with E-state index in [4.69, 9.17) is 10.3 Å².